The van der Waals surface area contributed by atoms with Crippen LogP contribution in [-0.2, 0) is 4.79 Å². The molecule has 1 amide bonds. The zero-order chi connectivity index (χ0) is 13.5. The molecule has 0 heterocycles. The van der Waals surface area contributed by atoms with Crippen LogP contribution in [0.25, 0.3) is 0 Å². The van der Waals surface area contributed by atoms with E-state index in [1.165, 1.54) is 19.3 Å². The van der Waals surface area contributed by atoms with Crippen LogP contribution in [-0.4, -0.2) is 18.2 Å². The van der Waals surface area contributed by atoms with Gasteiger partial charge in [-0.3, -0.25) is 4.79 Å². The van der Waals surface area contributed by atoms with Crippen molar-refractivity contribution in [2.75, 3.05) is 11.9 Å². The second-order valence-corrected chi connectivity index (χ2v) is 5.00. The molecule has 4 nitrogen and oxygen atoms in total. The lowest BCUT2D eigenvalue weighted by molar-refractivity contribution is -0.119. The number of benzene rings is 1. The van der Waals surface area contributed by atoms with Gasteiger partial charge in [-0.05, 0) is 37.3 Å². The highest BCUT2D eigenvalue weighted by molar-refractivity contribution is 5.89. The van der Waals surface area contributed by atoms with E-state index in [-0.39, 0.29) is 12.5 Å². The Labute approximate surface area is 114 Å². The summed E-state index contributed by atoms with van der Waals surface area (Å²) in [5, 5.41) is 7.32. The summed E-state index contributed by atoms with van der Waals surface area (Å²) in [5.41, 5.74) is 4.70. The van der Waals surface area contributed by atoms with Crippen molar-refractivity contribution in [2.24, 2.45) is 11.0 Å². The third-order valence-electron chi connectivity index (χ3n) is 3.44. The third-order valence-corrected chi connectivity index (χ3v) is 3.44. The van der Waals surface area contributed by atoms with Gasteiger partial charge < -0.3 is 5.32 Å². The van der Waals surface area contributed by atoms with Crippen molar-refractivity contribution in [1.29, 1.82) is 0 Å². The fourth-order valence-electron chi connectivity index (χ4n) is 2.25. The molecule has 4 heteroatoms. The van der Waals surface area contributed by atoms with Crippen molar-refractivity contribution in [3.8, 4) is 0 Å². The van der Waals surface area contributed by atoms with Crippen molar-refractivity contribution in [2.45, 2.75) is 32.6 Å². The topological polar surface area (TPSA) is 53.5 Å². The molecule has 19 heavy (non-hydrogen) atoms. The molecule has 2 N–H and O–H groups in total. The van der Waals surface area contributed by atoms with Gasteiger partial charge in [-0.25, -0.2) is 5.43 Å². The molecule has 1 aromatic carbocycles. The van der Waals surface area contributed by atoms with Crippen LogP contribution in [0, 0.1) is 5.92 Å². The Hall–Kier alpha value is -1.84. The summed E-state index contributed by atoms with van der Waals surface area (Å²) < 4.78 is 0. The number of hydrazone groups is 1. The van der Waals surface area contributed by atoms with Crippen LogP contribution < -0.4 is 10.7 Å². The first-order valence-corrected chi connectivity index (χ1v) is 6.90. The van der Waals surface area contributed by atoms with E-state index in [1.54, 1.807) is 0 Å². The van der Waals surface area contributed by atoms with Gasteiger partial charge in [0, 0.05) is 11.4 Å². The Kier molecular flexibility index (Phi) is 4.95. The Balaban J connectivity index is 1.77. The molecule has 0 radical (unpaired) electrons. The summed E-state index contributed by atoms with van der Waals surface area (Å²) in [7, 11) is 0. The SMILES string of the molecule is C[C@H]1CCCC/C1=N/NC(=O)CNc1ccccc1. The van der Waals surface area contributed by atoms with E-state index in [0.29, 0.717) is 5.92 Å². The fraction of sp³-hybridized carbons (Fsp3) is 0.467. The van der Waals surface area contributed by atoms with Crippen LogP contribution in [0.2, 0.25) is 0 Å². The molecule has 1 aliphatic carbocycles. The van der Waals surface area contributed by atoms with E-state index in [2.05, 4.69) is 22.8 Å². The largest absolute Gasteiger partial charge is 0.376 e. The second-order valence-electron chi connectivity index (χ2n) is 5.00. The van der Waals surface area contributed by atoms with Crippen LogP contribution in [0.1, 0.15) is 32.6 Å². The van der Waals surface area contributed by atoms with Crippen LogP contribution in [0.4, 0.5) is 5.69 Å². The number of anilines is 1. The Morgan fingerprint density at radius 1 is 1.32 bits per heavy atom. The van der Waals surface area contributed by atoms with Crippen LogP contribution >= 0.6 is 0 Å². The first kappa shape index (κ1) is 13.6. The van der Waals surface area contributed by atoms with E-state index in [4.69, 9.17) is 0 Å². The predicted molar refractivity (Wildman–Crippen MR) is 78.1 cm³/mol. The maximum absolute atomic E-state index is 11.7. The van der Waals surface area contributed by atoms with Crippen molar-refractivity contribution in [3.63, 3.8) is 0 Å². The maximum atomic E-state index is 11.7. The number of nitrogens with zero attached hydrogens (tertiary/aromatic N) is 1. The fourth-order valence-corrected chi connectivity index (χ4v) is 2.25. The molecule has 0 spiro atoms. The molecule has 1 saturated carbocycles. The number of amides is 1. The minimum Gasteiger partial charge on any atom is -0.376 e. The highest BCUT2D eigenvalue weighted by Crippen LogP contribution is 2.20. The Morgan fingerprint density at radius 2 is 2.11 bits per heavy atom. The first-order valence-electron chi connectivity index (χ1n) is 6.90. The van der Waals surface area contributed by atoms with Crippen LogP contribution in [0.5, 0.6) is 0 Å². The van der Waals surface area contributed by atoms with Crippen molar-refractivity contribution >= 4 is 17.3 Å². The lowest BCUT2D eigenvalue weighted by Crippen LogP contribution is -2.28. The first-order chi connectivity index (χ1) is 9.25. The zero-order valence-corrected chi connectivity index (χ0v) is 11.4. The minimum absolute atomic E-state index is 0.103. The number of hydrogen-bond donors (Lipinski definition) is 2. The summed E-state index contributed by atoms with van der Waals surface area (Å²) in [4.78, 5) is 11.7. The average Bonchev–Trinajstić information content (AvgIpc) is 2.45. The number of nitrogens with one attached hydrogen (secondary N) is 2. The van der Waals surface area contributed by atoms with E-state index in [0.717, 1.165) is 17.8 Å². The standard InChI is InChI=1S/C15H21N3O/c1-12-7-5-6-10-14(12)17-18-15(19)11-16-13-8-3-2-4-9-13/h2-4,8-9,12,16H,5-7,10-11H2,1H3,(H,18,19)/b17-14-/t12-/m0/s1. The van der Waals surface area contributed by atoms with Gasteiger partial charge in [0.15, 0.2) is 0 Å². The highest BCUT2D eigenvalue weighted by Gasteiger charge is 2.15. The van der Waals surface area contributed by atoms with Crippen LogP contribution in [0.3, 0.4) is 0 Å². The van der Waals surface area contributed by atoms with Gasteiger partial charge in [0.2, 0.25) is 0 Å². The van der Waals surface area contributed by atoms with Gasteiger partial charge in [-0.1, -0.05) is 31.5 Å². The van der Waals surface area contributed by atoms with E-state index in [9.17, 15) is 4.79 Å². The van der Waals surface area contributed by atoms with Crippen molar-refractivity contribution < 1.29 is 4.79 Å². The van der Waals surface area contributed by atoms with Gasteiger partial charge in [0.1, 0.15) is 0 Å². The Bertz CT molecular complexity index is 442. The molecule has 1 aromatic rings. The van der Waals surface area contributed by atoms with Crippen molar-refractivity contribution in [3.05, 3.63) is 30.3 Å². The normalized spacial score (nSPS) is 21.1. The lowest BCUT2D eigenvalue weighted by Gasteiger charge is -2.19. The predicted octanol–water partition coefficient (Wildman–Crippen LogP) is 2.78. The lowest BCUT2D eigenvalue weighted by atomic mass is 9.89. The van der Waals surface area contributed by atoms with E-state index in [1.807, 2.05) is 30.3 Å². The molecular formula is C15H21N3O. The molecule has 1 fully saturated rings. The molecule has 1 aliphatic rings. The smallest absolute Gasteiger partial charge is 0.259 e. The third kappa shape index (κ3) is 4.39. The molecule has 0 bridgehead atoms. The van der Waals surface area contributed by atoms with Crippen molar-refractivity contribution in [1.82, 2.24) is 5.43 Å². The molecule has 0 unspecified atom stereocenters. The quantitative estimate of drug-likeness (QED) is 0.817. The molecule has 1 atom stereocenters. The molecule has 0 aromatic heterocycles. The summed E-state index contributed by atoms with van der Waals surface area (Å²) in [6.07, 6.45) is 4.63. The average molecular weight is 259 g/mol. The summed E-state index contributed by atoms with van der Waals surface area (Å²) in [6, 6.07) is 9.68. The summed E-state index contributed by atoms with van der Waals surface area (Å²) >= 11 is 0. The molecular weight excluding hydrogens is 238 g/mol. The number of rotatable bonds is 4. The second kappa shape index (κ2) is 6.92. The maximum Gasteiger partial charge on any atom is 0.259 e. The minimum atomic E-state index is -0.103. The van der Waals surface area contributed by atoms with Gasteiger partial charge in [0.05, 0.1) is 6.54 Å². The monoisotopic (exact) mass is 259 g/mol. The molecule has 0 saturated heterocycles. The summed E-state index contributed by atoms with van der Waals surface area (Å²) in [5.74, 6) is 0.394. The number of para-hydroxylation sites is 1. The molecule has 2 rings (SSSR count). The highest BCUT2D eigenvalue weighted by atomic mass is 16.2. The van der Waals surface area contributed by atoms with Crippen LogP contribution in [0.15, 0.2) is 35.4 Å². The molecule has 102 valence electrons. The van der Waals surface area contributed by atoms with E-state index < -0.39 is 0 Å². The number of carbonyl (C=O) groups excluding carboxylic acids is 1. The number of carbonyl (C=O) groups is 1. The van der Waals surface area contributed by atoms with Gasteiger partial charge in [-0.15, -0.1) is 0 Å². The molecule has 0 aliphatic heterocycles. The van der Waals surface area contributed by atoms with Gasteiger partial charge in [0.25, 0.3) is 5.91 Å². The summed E-state index contributed by atoms with van der Waals surface area (Å²) in [6.45, 7) is 2.42. The number of hydrogen-bond acceptors (Lipinski definition) is 3. The van der Waals surface area contributed by atoms with E-state index >= 15 is 0 Å². The van der Waals surface area contributed by atoms with Gasteiger partial charge >= 0.3 is 0 Å². The van der Waals surface area contributed by atoms with Gasteiger partial charge in [-0.2, -0.15) is 5.10 Å². The Morgan fingerprint density at radius 3 is 2.84 bits per heavy atom. The zero-order valence-electron chi connectivity index (χ0n) is 11.4.